The van der Waals surface area contributed by atoms with Crippen molar-refractivity contribution in [2.45, 2.75) is 13.2 Å². The van der Waals surface area contributed by atoms with Gasteiger partial charge < -0.3 is 9.52 Å². The van der Waals surface area contributed by atoms with Crippen molar-refractivity contribution in [1.82, 2.24) is 20.3 Å². The molecule has 8 nitrogen and oxygen atoms in total. The average Bonchev–Trinajstić information content (AvgIpc) is 2.98. The van der Waals surface area contributed by atoms with Gasteiger partial charge in [-0.05, 0) is 12.1 Å². The van der Waals surface area contributed by atoms with E-state index in [0.717, 1.165) is 0 Å². The van der Waals surface area contributed by atoms with E-state index < -0.39 is 11.8 Å². The van der Waals surface area contributed by atoms with Crippen LogP contribution in [-0.2, 0) is 17.9 Å². The van der Waals surface area contributed by atoms with Gasteiger partial charge in [-0.1, -0.05) is 5.21 Å². The van der Waals surface area contributed by atoms with Gasteiger partial charge in [-0.3, -0.25) is 14.9 Å². The number of nitrogens with one attached hydrogen (secondary N) is 1. The lowest BCUT2D eigenvalue weighted by atomic mass is 10.4. The van der Waals surface area contributed by atoms with Gasteiger partial charge in [0.25, 0.3) is 5.91 Å². The summed E-state index contributed by atoms with van der Waals surface area (Å²) in [5.41, 5.74) is 0.347. The van der Waals surface area contributed by atoms with Crippen molar-refractivity contribution in [3.63, 3.8) is 0 Å². The third kappa shape index (κ3) is 2.80. The van der Waals surface area contributed by atoms with Crippen molar-refractivity contribution in [1.29, 1.82) is 0 Å². The molecule has 2 heterocycles. The predicted octanol–water partition coefficient (Wildman–Crippen LogP) is -0.680. The number of hydrogen-bond donors (Lipinski definition) is 2. The molecule has 0 radical (unpaired) electrons. The van der Waals surface area contributed by atoms with Crippen LogP contribution in [0.4, 0.5) is 0 Å². The molecule has 2 aromatic rings. The summed E-state index contributed by atoms with van der Waals surface area (Å²) < 4.78 is 6.05. The second kappa shape index (κ2) is 5.23. The second-order valence-corrected chi connectivity index (χ2v) is 3.42. The Hall–Kier alpha value is -2.48. The molecule has 0 aliphatic rings. The van der Waals surface area contributed by atoms with E-state index in [4.69, 9.17) is 9.52 Å². The van der Waals surface area contributed by atoms with Crippen LogP contribution in [0.25, 0.3) is 0 Å². The molecule has 0 aliphatic heterocycles. The molecule has 8 heteroatoms. The number of imide groups is 1. The van der Waals surface area contributed by atoms with Gasteiger partial charge >= 0.3 is 0 Å². The summed E-state index contributed by atoms with van der Waals surface area (Å²) in [5.74, 6) is -1.11. The van der Waals surface area contributed by atoms with Crippen LogP contribution in [0.15, 0.2) is 29.0 Å². The number of carbonyl (C=O) groups excluding carboxylic acids is 2. The molecule has 0 unspecified atom stereocenters. The normalized spacial score (nSPS) is 10.3. The Bertz CT molecular complexity index is 546. The highest BCUT2D eigenvalue weighted by Crippen LogP contribution is 1.99. The molecule has 0 aromatic carbocycles. The molecule has 0 saturated carbocycles. The topological polar surface area (TPSA) is 110 Å². The smallest absolute Gasteiger partial charge is 0.293 e. The van der Waals surface area contributed by atoms with Crippen LogP contribution >= 0.6 is 0 Å². The van der Waals surface area contributed by atoms with E-state index in [2.05, 4.69) is 15.6 Å². The fourth-order valence-electron chi connectivity index (χ4n) is 1.27. The summed E-state index contributed by atoms with van der Waals surface area (Å²) in [4.78, 5) is 22.9. The number of carbonyl (C=O) groups is 2. The Morgan fingerprint density at radius 2 is 2.33 bits per heavy atom. The molecule has 18 heavy (non-hydrogen) atoms. The van der Waals surface area contributed by atoms with Crippen LogP contribution in [0.5, 0.6) is 0 Å². The van der Waals surface area contributed by atoms with Gasteiger partial charge in [0.2, 0.25) is 5.91 Å². The van der Waals surface area contributed by atoms with E-state index in [1.807, 2.05) is 0 Å². The van der Waals surface area contributed by atoms with Crippen LogP contribution in [0.3, 0.4) is 0 Å². The first-order valence-corrected chi connectivity index (χ1v) is 5.06. The zero-order valence-electron chi connectivity index (χ0n) is 9.24. The zero-order chi connectivity index (χ0) is 13.0. The van der Waals surface area contributed by atoms with Crippen LogP contribution in [0, 0.1) is 0 Å². The van der Waals surface area contributed by atoms with E-state index in [9.17, 15) is 9.59 Å². The molecule has 0 atom stereocenters. The quantitative estimate of drug-likeness (QED) is 0.743. The minimum atomic E-state index is -0.618. The Morgan fingerprint density at radius 1 is 1.50 bits per heavy atom. The zero-order valence-corrected chi connectivity index (χ0v) is 9.24. The van der Waals surface area contributed by atoms with Crippen molar-refractivity contribution in [3.05, 3.63) is 36.0 Å². The van der Waals surface area contributed by atoms with Crippen LogP contribution in [-0.4, -0.2) is 31.9 Å². The number of amides is 2. The number of aliphatic hydroxyl groups excluding tert-OH is 1. The highest BCUT2D eigenvalue weighted by atomic mass is 16.3. The Morgan fingerprint density at radius 3 is 2.94 bits per heavy atom. The highest BCUT2D eigenvalue weighted by Gasteiger charge is 2.13. The Kier molecular flexibility index (Phi) is 3.49. The SMILES string of the molecule is O=C(Cn1cc(CO)nn1)NC(=O)c1ccco1. The molecular formula is C10H10N4O4. The summed E-state index contributed by atoms with van der Waals surface area (Å²) in [6.07, 6.45) is 2.75. The van der Waals surface area contributed by atoms with Crippen molar-refractivity contribution >= 4 is 11.8 Å². The Balaban J connectivity index is 1.91. The molecule has 94 valence electrons. The standard InChI is InChI=1S/C10H10N4O4/c15-6-7-4-14(13-12-7)5-9(16)11-10(17)8-2-1-3-18-8/h1-4,15H,5-6H2,(H,11,16,17). The number of furan rings is 1. The molecule has 2 rings (SSSR count). The molecule has 0 saturated heterocycles. The van der Waals surface area contributed by atoms with Gasteiger partial charge in [-0.2, -0.15) is 0 Å². The summed E-state index contributed by atoms with van der Waals surface area (Å²) in [5, 5.41) is 18.1. The number of nitrogens with zero attached hydrogens (tertiary/aromatic N) is 3. The minimum absolute atomic E-state index is 0.0537. The second-order valence-electron chi connectivity index (χ2n) is 3.42. The fraction of sp³-hybridized carbons (Fsp3) is 0.200. The molecule has 2 amide bonds. The lowest BCUT2D eigenvalue weighted by molar-refractivity contribution is -0.120. The molecule has 0 spiro atoms. The van der Waals surface area contributed by atoms with E-state index in [1.165, 1.54) is 23.2 Å². The van der Waals surface area contributed by atoms with Crippen LogP contribution in [0.1, 0.15) is 16.2 Å². The first-order chi connectivity index (χ1) is 8.69. The van der Waals surface area contributed by atoms with Crippen LogP contribution < -0.4 is 5.32 Å². The number of hydrogen-bond acceptors (Lipinski definition) is 6. The maximum atomic E-state index is 11.5. The molecule has 2 N–H and O–H groups in total. The minimum Gasteiger partial charge on any atom is -0.459 e. The monoisotopic (exact) mass is 250 g/mol. The first-order valence-electron chi connectivity index (χ1n) is 5.06. The Labute approximate surface area is 101 Å². The molecule has 0 bridgehead atoms. The predicted molar refractivity (Wildman–Crippen MR) is 57.1 cm³/mol. The van der Waals surface area contributed by atoms with Gasteiger partial charge in [0.1, 0.15) is 12.2 Å². The van der Waals surface area contributed by atoms with E-state index in [-0.39, 0.29) is 18.9 Å². The average molecular weight is 250 g/mol. The summed E-state index contributed by atoms with van der Waals surface area (Å²) in [7, 11) is 0. The van der Waals surface area contributed by atoms with Gasteiger partial charge in [0.15, 0.2) is 5.76 Å². The largest absolute Gasteiger partial charge is 0.459 e. The number of rotatable bonds is 4. The van der Waals surface area contributed by atoms with Gasteiger partial charge in [-0.25, -0.2) is 4.68 Å². The van der Waals surface area contributed by atoms with Crippen molar-refractivity contribution in [2.24, 2.45) is 0 Å². The van der Waals surface area contributed by atoms with E-state index in [1.54, 1.807) is 6.07 Å². The maximum Gasteiger partial charge on any atom is 0.293 e. The van der Waals surface area contributed by atoms with Gasteiger partial charge in [-0.15, -0.1) is 5.10 Å². The van der Waals surface area contributed by atoms with Gasteiger partial charge in [0, 0.05) is 0 Å². The highest BCUT2D eigenvalue weighted by molar-refractivity contribution is 6.02. The molecule has 2 aromatic heterocycles. The summed E-state index contributed by atoms with van der Waals surface area (Å²) in [6, 6.07) is 2.99. The fourth-order valence-corrected chi connectivity index (χ4v) is 1.27. The van der Waals surface area contributed by atoms with E-state index >= 15 is 0 Å². The van der Waals surface area contributed by atoms with Crippen molar-refractivity contribution < 1.29 is 19.1 Å². The van der Waals surface area contributed by atoms with E-state index in [0.29, 0.717) is 5.69 Å². The lowest BCUT2D eigenvalue weighted by Gasteiger charge is -2.01. The number of aromatic nitrogens is 3. The maximum absolute atomic E-state index is 11.5. The molecule has 0 fully saturated rings. The molecular weight excluding hydrogens is 240 g/mol. The summed E-state index contributed by atoms with van der Waals surface area (Å²) in [6.45, 7) is -0.424. The third-order valence-corrected chi connectivity index (χ3v) is 2.05. The molecule has 0 aliphatic carbocycles. The third-order valence-electron chi connectivity index (χ3n) is 2.05. The summed E-state index contributed by atoms with van der Waals surface area (Å²) >= 11 is 0. The van der Waals surface area contributed by atoms with Gasteiger partial charge in [0.05, 0.1) is 19.1 Å². The van der Waals surface area contributed by atoms with Crippen molar-refractivity contribution in [3.8, 4) is 0 Å². The lowest BCUT2D eigenvalue weighted by Crippen LogP contribution is -2.33. The number of aliphatic hydroxyl groups is 1. The first kappa shape index (κ1) is 12.0. The van der Waals surface area contributed by atoms with Crippen molar-refractivity contribution in [2.75, 3.05) is 0 Å². The van der Waals surface area contributed by atoms with Crippen LogP contribution in [0.2, 0.25) is 0 Å².